The van der Waals surface area contributed by atoms with Crippen molar-refractivity contribution in [2.45, 2.75) is 103 Å². The van der Waals surface area contributed by atoms with E-state index in [0.29, 0.717) is 11.5 Å². The Bertz CT molecular complexity index is 1820. The van der Waals surface area contributed by atoms with Gasteiger partial charge in [0.15, 0.2) is 0 Å². The number of rotatable bonds is 6. The molecule has 2 saturated carbocycles. The quantitative estimate of drug-likeness (QED) is 0.195. The van der Waals surface area contributed by atoms with E-state index in [4.69, 9.17) is 4.98 Å². The second-order valence-corrected chi connectivity index (χ2v) is 15.2. The first kappa shape index (κ1) is 32.2. The maximum Gasteiger partial charge on any atom is 0.127 e. The number of nitrogens with zero attached hydrogens (tertiary/aromatic N) is 1. The Morgan fingerprint density at radius 1 is 0.458 bits per heavy atom. The Morgan fingerprint density at radius 2 is 0.833 bits per heavy atom. The Morgan fingerprint density at radius 3 is 1.23 bits per heavy atom. The van der Waals surface area contributed by atoms with E-state index in [0.717, 1.165) is 92.7 Å². The van der Waals surface area contributed by atoms with Gasteiger partial charge in [-0.15, -0.1) is 0 Å². The SMILES string of the molecule is Cc1cc(-c2ccccc2-c2cccc(-c3ccccc3-c3cc(C)cc(C4(C)CCCCC4)c3O)n2)c(O)c(C2(C)CCCCC2)c1. The molecule has 3 nitrogen and oxygen atoms in total. The van der Waals surface area contributed by atoms with Gasteiger partial charge in [-0.2, -0.15) is 0 Å². The molecule has 0 atom stereocenters. The average molecular weight is 636 g/mol. The standard InChI is InChI=1S/C45H49NO2/c1-30-26-36(42(47)38(28-30)44(3)22-11-5-12-23-44)32-16-7-9-18-34(32)40-20-15-21-41(46-40)35-19-10-8-17-33(35)37-27-31(2)29-39(43(37)48)45(4)24-13-6-14-25-45/h7-10,15-21,26-29,47-48H,5-6,11-14,22-25H2,1-4H3. The highest BCUT2D eigenvalue weighted by Gasteiger charge is 2.34. The zero-order valence-corrected chi connectivity index (χ0v) is 29.1. The molecule has 0 amide bonds. The molecule has 0 unspecified atom stereocenters. The average Bonchev–Trinajstić information content (AvgIpc) is 3.10. The maximum atomic E-state index is 11.9. The lowest BCUT2D eigenvalue weighted by Crippen LogP contribution is -2.25. The van der Waals surface area contributed by atoms with Crippen molar-refractivity contribution >= 4 is 0 Å². The zero-order chi connectivity index (χ0) is 33.5. The van der Waals surface area contributed by atoms with Crippen molar-refractivity contribution in [2.24, 2.45) is 0 Å². The van der Waals surface area contributed by atoms with E-state index in [2.05, 4.69) is 107 Å². The third kappa shape index (κ3) is 5.93. The summed E-state index contributed by atoms with van der Waals surface area (Å²) in [6.07, 6.45) is 11.8. The first-order chi connectivity index (χ1) is 23.2. The molecule has 0 radical (unpaired) electrons. The number of aryl methyl sites for hydroxylation is 2. The van der Waals surface area contributed by atoms with Crippen LogP contribution in [0.2, 0.25) is 0 Å². The summed E-state index contributed by atoms with van der Waals surface area (Å²) in [7, 11) is 0. The van der Waals surface area contributed by atoms with Crippen LogP contribution in [0.15, 0.2) is 91.0 Å². The molecule has 2 fully saturated rings. The Kier molecular flexibility index (Phi) is 8.66. The number of hydrogen-bond donors (Lipinski definition) is 2. The molecule has 2 aliphatic carbocycles. The molecule has 48 heavy (non-hydrogen) atoms. The summed E-state index contributed by atoms with van der Waals surface area (Å²) in [5, 5.41) is 23.8. The van der Waals surface area contributed by atoms with E-state index in [-0.39, 0.29) is 10.8 Å². The molecule has 0 aliphatic heterocycles. The van der Waals surface area contributed by atoms with Crippen molar-refractivity contribution in [1.29, 1.82) is 0 Å². The third-order valence-corrected chi connectivity index (χ3v) is 11.5. The monoisotopic (exact) mass is 635 g/mol. The highest BCUT2D eigenvalue weighted by atomic mass is 16.3. The maximum absolute atomic E-state index is 11.9. The summed E-state index contributed by atoms with van der Waals surface area (Å²) in [5.41, 5.74) is 11.8. The number of pyridine rings is 1. The molecule has 2 N–H and O–H groups in total. The van der Waals surface area contributed by atoms with Crippen LogP contribution < -0.4 is 0 Å². The van der Waals surface area contributed by atoms with Gasteiger partial charge in [0.25, 0.3) is 0 Å². The van der Waals surface area contributed by atoms with Gasteiger partial charge in [-0.3, -0.25) is 0 Å². The van der Waals surface area contributed by atoms with Crippen molar-refractivity contribution in [1.82, 2.24) is 4.98 Å². The lowest BCUT2D eigenvalue weighted by Gasteiger charge is -2.35. The summed E-state index contributed by atoms with van der Waals surface area (Å²) in [6.45, 7) is 8.92. The summed E-state index contributed by atoms with van der Waals surface area (Å²) in [5.74, 6) is 0.799. The molecule has 3 heteroatoms. The first-order valence-corrected chi connectivity index (χ1v) is 18.0. The fourth-order valence-corrected chi connectivity index (χ4v) is 8.71. The first-order valence-electron chi connectivity index (χ1n) is 18.0. The highest BCUT2D eigenvalue weighted by Crippen LogP contribution is 2.49. The third-order valence-electron chi connectivity index (χ3n) is 11.5. The fourth-order valence-electron chi connectivity index (χ4n) is 8.71. The van der Waals surface area contributed by atoms with Gasteiger partial charge in [0.2, 0.25) is 0 Å². The zero-order valence-electron chi connectivity index (χ0n) is 29.1. The Balaban J connectivity index is 1.32. The van der Waals surface area contributed by atoms with Gasteiger partial charge in [-0.05, 0) is 96.9 Å². The van der Waals surface area contributed by atoms with Crippen LogP contribution in [-0.2, 0) is 10.8 Å². The normalized spacial score (nSPS) is 17.2. The molecule has 7 rings (SSSR count). The molecular formula is C45H49NO2. The molecule has 1 aromatic heterocycles. The van der Waals surface area contributed by atoms with E-state index < -0.39 is 0 Å². The molecular weight excluding hydrogens is 587 g/mol. The van der Waals surface area contributed by atoms with Gasteiger partial charge in [0.1, 0.15) is 11.5 Å². The van der Waals surface area contributed by atoms with Gasteiger partial charge in [0, 0.05) is 33.4 Å². The predicted molar refractivity (Wildman–Crippen MR) is 200 cm³/mol. The molecule has 0 bridgehead atoms. The minimum atomic E-state index is -0.0183. The van der Waals surface area contributed by atoms with Crippen LogP contribution in [-0.4, -0.2) is 15.2 Å². The van der Waals surface area contributed by atoms with Crippen molar-refractivity contribution in [3.8, 4) is 56.3 Å². The summed E-state index contributed by atoms with van der Waals surface area (Å²) < 4.78 is 0. The number of benzene rings is 4. The molecule has 2 aliphatic rings. The number of phenolic OH excluding ortho intramolecular Hbond substituents is 2. The van der Waals surface area contributed by atoms with Crippen LogP contribution in [0.5, 0.6) is 11.5 Å². The number of hydrogen-bond acceptors (Lipinski definition) is 3. The van der Waals surface area contributed by atoms with E-state index >= 15 is 0 Å². The molecule has 0 saturated heterocycles. The minimum absolute atomic E-state index is 0.0183. The van der Waals surface area contributed by atoms with Crippen molar-refractivity contribution in [3.63, 3.8) is 0 Å². The second-order valence-electron chi connectivity index (χ2n) is 15.2. The number of aromatic nitrogens is 1. The van der Waals surface area contributed by atoms with E-state index in [1.165, 1.54) is 38.5 Å². The Labute approximate surface area is 286 Å². The van der Waals surface area contributed by atoms with Gasteiger partial charge in [-0.1, -0.05) is 119 Å². The molecule has 5 aromatic rings. The van der Waals surface area contributed by atoms with Crippen molar-refractivity contribution in [3.05, 3.63) is 113 Å². The summed E-state index contributed by atoms with van der Waals surface area (Å²) in [4.78, 5) is 5.28. The van der Waals surface area contributed by atoms with Crippen LogP contribution in [0.1, 0.15) is 100 Å². The van der Waals surface area contributed by atoms with Crippen LogP contribution in [0.4, 0.5) is 0 Å². The van der Waals surface area contributed by atoms with Gasteiger partial charge in [0.05, 0.1) is 11.4 Å². The lowest BCUT2D eigenvalue weighted by atomic mass is 9.69. The summed E-state index contributed by atoms with van der Waals surface area (Å²) >= 11 is 0. The fraction of sp³-hybridized carbons (Fsp3) is 0.356. The lowest BCUT2D eigenvalue weighted by molar-refractivity contribution is 0.308. The molecule has 1 heterocycles. The van der Waals surface area contributed by atoms with E-state index in [1.54, 1.807) is 0 Å². The van der Waals surface area contributed by atoms with E-state index in [1.807, 2.05) is 12.1 Å². The number of phenols is 2. The Hall–Kier alpha value is -4.37. The smallest absolute Gasteiger partial charge is 0.127 e. The van der Waals surface area contributed by atoms with Gasteiger partial charge in [-0.25, -0.2) is 4.98 Å². The van der Waals surface area contributed by atoms with Gasteiger partial charge < -0.3 is 10.2 Å². The number of aromatic hydroxyl groups is 2. The largest absolute Gasteiger partial charge is 0.507 e. The molecule has 246 valence electrons. The highest BCUT2D eigenvalue weighted by molar-refractivity contribution is 5.89. The van der Waals surface area contributed by atoms with Crippen LogP contribution >= 0.6 is 0 Å². The topological polar surface area (TPSA) is 53.4 Å². The molecule has 0 spiro atoms. The van der Waals surface area contributed by atoms with Crippen LogP contribution in [0.3, 0.4) is 0 Å². The minimum Gasteiger partial charge on any atom is -0.507 e. The predicted octanol–water partition coefficient (Wildman–Crippen LogP) is 12.2. The second kappa shape index (κ2) is 12.9. The summed E-state index contributed by atoms with van der Waals surface area (Å²) in [6, 6.07) is 31.5. The van der Waals surface area contributed by atoms with Crippen LogP contribution in [0, 0.1) is 13.8 Å². The van der Waals surface area contributed by atoms with E-state index in [9.17, 15) is 10.2 Å². The van der Waals surface area contributed by atoms with Crippen LogP contribution in [0.25, 0.3) is 44.8 Å². The molecule has 4 aromatic carbocycles. The van der Waals surface area contributed by atoms with Crippen molar-refractivity contribution < 1.29 is 10.2 Å². The van der Waals surface area contributed by atoms with Gasteiger partial charge >= 0.3 is 0 Å². The van der Waals surface area contributed by atoms with Crippen molar-refractivity contribution in [2.75, 3.05) is 0 Å².